The fourth-order valence-corrected chi connectivity index (χ4v) is 3.30. The zero-order valence-corrected chi connectivity index (χ0v) is 11.6. The Hall–Kier alpha value is -0.390. The van der Waals surface area contributed by atoms with E-state index in [1.165, 1.54) is 11.3 Å². The normalized spacial score (nSPS) is 20.8. The van der Waals surface area contributed by atoms with Crippen LogP contribution < -0.4 is 5.32 Å². The topological polar surface area (TPSA) is 32.3 Å². The molecule has 0 aromatic carbocycles. The van der Waals surface area contributed by atoms with E-state index in [9.17, 15) is 4.79 Å². The van der Waals surface area contributed by atoms with Crippen LogP contribution in [0.4, 0.5) is 0 Å². The van der Waals surface area contributed by atoms with Crippen molar-refractivity contribution in [1.29, 1.82) is 0 Å². The summed E-state index contributed by atoms with van der Waals surface area (Å²) < 4.78 is 1.01. The number of rotatable bonds is 2. The molecule has 0 radical (unpaired) electrons. The molecular formula is C11H15BrN2OS. The molecule has 0 spiro atoms. The molecule has 1 N–H and O–H groups in total. The molecule has 1 aliphatic rings. The highest BCUT2D eigenvalue weighted by Gasteiger charge is 2.23. The highest BCUT2D eigenvalue weighted by molar-refractivity contribution is 9.11. The van der Waals surface area contributed by atoms with Crippen LogP contribution in [0, 0.1) is 0 Å². The molecule has 5 heteroatoms. The molecule has 1 aromatic rings. The summed E-state index contributed by atoms with van der Waals surface area (Å²) in [5.41, 5.74) is 0. The van der Waals surface area contributed by atoms with Gasteiger partial charge in [0.2, 0.25) is 0 Å². The first-order valence-corrected chi connectivity index (χ1v) is 7.02. The number of hydrogen-bond donors (Lipinski definition) is 1. The third kappa shape index (κ3) is 2.64. The highest BCUT2D eigenvalue weighted by atomic mass is 79.9. The molecule has 3 nitrogen and oxygen atoms in total. The minimum atomic E-state index is 0.129. The molecule has 1 amide bonds. The summed E-state index contributed by atoms with van der Waals surface area (Å²) in [4.78, 5) is 14.8. The third-order valence-corrected chi connectivity index (χ3v) is 4.53. The molecule has 0 saturated carbocycles. The minimum absolute atomic E-state index is 0.129. The van der Waals surface area contributed by atoms with Crippen molar-refractivity contribution in [3.63, 3.8) is 0 Å². The van der Waals surface area contributed by atoms with Gasteiger partial charge in [-0.3, -0.25) is 4.79 Å². The first-order chi connectivity index (χ1) is 7.68. The Kier molecular flexibility index (Phi) is 4.00. The lowest BCUT2D eigenvalue weighted by Crippen LogP contribution is -2.46. The van der Waals surface area contributed by atoms with Crippen molar-refractivity contribution in [2.45, 2.75) is 18.9 Å². The molecule has 1 saturated heterocycles. The fraction of sp³-hybridized carbons (Fsp3) is 0.545. The van der Waals surface area contributed by atoms with Crippen LogP contribution in [-0.4, -0.2) is 37.0 Å². The minimum Gasteiger partial charge on any atom is -0.337 e. The van der Waals surface area contributed by atoms with Crippen LogP contribution in [-0.2, 0) is 0 Å². The van der Waals surface area contributed by atoms with Crippen molar-refractivity contribution >= 4 is 33.2 Å². The number of nitrogens with one attached hydrogen (secondary N) is 1. The van der Waals surface area contributed by atoms with Gasteiger partial charge in [0.15, 0.2) is 0 Å². The Bertz CT molecular complexity index is 374. The van der Waals surface area contributed by atoms with Crippen LogP contribution >= 0.6 is 27.3 Å². The lowest BCUT2D eigenvalue weighted by Gasteiger charge is -2.31. The van der Waals surface area contributed by atoms with Gasteiger partial charge in [-0.1, -0.05) is 0 Å². The highest BCUT2D eigenvalue weighted by Crippen LogP contribution is 2.24. The van der Waals surface area contributed by atoms with Gasteiger partial charge in [0.1, 0.15) is 0 Å². The Labute approximate surface area is 108 Å². The van der Waals surface area contributed by atoms with E-state index in [1.807, 2.05) is 24.1 Å². The lowest BCUT2D eigenvalue weighted by molar-refractivity contribution is 0.0713. The average molecular weight is 303 g/mol. The summed E-state index contributed by atoms with van der Waals surface area (Å²) in [6, 6.07) is 4.14. The van der Waals surface area contributed by atoms with Gasteiger partial charge >= 0.3 is 0 Å². The van der Waals surface area contributed by atoms with Crippen LogP contribution in [0.5, 0.6) is 0 Å². The molecule has 0 aliphatic carbocycles. The van der Waals surface area contributed by atoms with Gasteiger partial charge in [-0.05, 0) is 47.4 Å². The second-order valence-electron chi connectivity index (χ2n) is 4.02. The Morgan fingerprint density at radius 2 is 2.44 bits per heavy atom. The Morgan fingerprint density at radius 3 is 3.00 bits per heavy atom. The Balaban J connectivity index is 2.03. The second kappa shape index (κ2) is 5.29. The quantitative estimate of drug-likeness (QED) is 0.909. The van der Waals surface area contributed by atoms with Crippen molar-refractivity contribution in [2.24, 2.45) is 0 Å². The maximum Gasteiger partial charge on any atom is 0.263 e. The smallest absolute Gasteiger partial charge is 0.263 e. The van der Waals surface area contributed by atoms with Gasteiger partial charge in [0.05, 0.1) is 8.66 Å². The van der Waals surface area contributed by atoms with Crippen molar-refractivity contribution in [3.8, 4) is 0 Å². The maximum absolute atomic E-state index is 12.1. The molecule has 1 aliphatic heterocycles. The number of likely N-dealkylation sites (N-methyl/N-ethyl adjacent to an activating group) is 1. The van der Waals surface area contributed by atoms with Crippen molar-refractivity contribution in [3.05, 3.63) is 20.8 Å². The summed E-state index contributed by atoms with van der Waals surface area (Å²) in [5, 5.41) is 3.33. The van der Waals surface area contributed by atoms with E-state index in [1.54, 1.807) is 0 Å². The molecule has 2 heterocycles. The summed E-state index contributed by atoms with van der Waals surface area (Å²) >= 11 is 4.87. The third-order valence-electron chi connectivity index (χ3n) is 2.92. The molecule has 1 aromatic heterocycles. The fourth-order valence-electron chi connectivity index (χ4n) is 1.93. The van der Waals surface area contributed by atoms with Crippen LogP contribution in [0.2, 0.25) is 0 Å². The number of hydrogen-bond acceptors (Lipinski definition) is 3. The number of halogens is 1. The van der Waals surface area contributed by atoms with Gasteiger partial charge in [-0.2, -0.15) is 0 Å². The van der Waals surface area contributed by atoms with Gasteiger partial charge in [0.25, 0.3) is 5.91 Å². The van der Waals surface area contributed by atoms with Crippen LogP contribution in [0.25, 0.3) is 0 Å². The zero-order chi connectivity index (χ0) is 11.5. The molecule has 2 rings (SSSR count). The SMILES string of the molecule is CN(C(=O)c1ccc(Br)s1)C1CCCNC1. The summed E-state index contributed by atoms with van der Waals surface area (Å²) in [6.07, 6.45) is 2.25. The number of amides is 1. The first kappa shape index (κ1) is 12.1. The number of piperidine rings is 1. The van der Waals surface area contributed by atoms with Gasteiger partial charge in [-0.15, -0.1) is 11.3 Å². The van der Waals surface area contributed by atoms with Crippen molar-refractivity contribution in [2.75, 3.05) is 20.1 Å². The molecule has 1 fully saturated rings. The van der Waals surface area contributed by atoms with E-state index in [-0.39, 0.29) is 5.91 Å². The molecule has 1 unspecified atom stereocenters. The number of carbonyl (C=O) groups excluding carboxylic acids is 1. The molecular weight excluding hydrogens is 288 g/mol. The van der Waals surface area contributed by atoms with E-state index >= 15 is 0 Å². The molecule has 88 valence electrons. The number of carbonyl (C=O) groups is 1. The first-order valence-electron chi connectivity index (χ1n) is 5.41. The summed E-state index contributed by atoms with van der Waals surface area (Å²) in [5.74, 6) is 0.129. The van der Waals surface area contributed by atoms with Crippen LogP contribution in [0.3, 0.4) is 0 Å². The van der Waals surface area contributed by atoms with E-state index in [0.29, 0.717) is 6.04 Å². The Morgan fingerprint density at radius 1 is 1.62 bits per heavy atom. The zero-order valence-electron chi connectivity index (χ0n) is 9.20. The van der Waals surface area contributed by atoms with Crippen LogP contribution in [0.15, 0.2) is 15.9 Å². The maximum atomic E-state index is 12.1. The average Bonchev–Trinajstić information content (AvgIpc) is 2.75. The van der Waals surface area contributed by atoms with Crippen molar-refractivity contribution in [1.82, 2.24) is 10.2 Å². The number of thiophene rings is 1. The van der Waals surface area contributed by atoms with Gasteiger partial charge in [0, 0.05) is 19.6 Å². The summed E-state index contributed by atoms with van der Waals surface area (Å²) in [7, 11) is 1.90. The summed E-state index contributed by atoms with van der Waals surface area (Å²) in [6.45, 7) is 1.98. The monoisotopic (exact) mass is 302 g/mol. The largest absolute Gasteiger partial charge is 0.337 e. The van der Waals surface area contributed by atoms with E-state index in [4.69, 9.17) is 0 Å². The number of nitrogens with zero attached hydrogens (tertiary/aromatic N) is 1. The lowest BCUT2D eigenvalue weighted by atomic mass is 10.1. The molecule has 0 bridgehead atoms. The second-order valence-corrected chi connectivity index (χ2v) is 6.48. The molecule has 1 atom stereocenters. The standard InChI is InChI=1S/C11H15BrN2OS/c1-14(8-3-2-6-13-7-8)11(15)9-4-5-10(12)16-9/h4-5,8,13H,2-3,6-7H2,1H3. The van der Waals surface area contributed by atoms with Gasteiger partial charge < -0.3 is 10.2 Å². The van der Waals surface area contributed by atoms with Gasteiger partial charge in [-0.25, -0.2) is 0 Å². The van der Waals surface area contributed by atoms with Crippen LogP contribution in [0.1, 0.15) is 22.5 Å². The molecule has 16 heavy (non-hydrogen) atoms. The van der Waals surface area contributed by atoms with Crippen molar-refractivity contribution < 1.29 is 4.79 Å². The predicted octanol–water partition coefficient (Wildman–Crippen LogP) is 2.33. The predicted molar refractivity (Wildman–Crippen MR) is 70.0 cm³/mol. The van der Waals surface area contributed by atoms with E-state index < -0.39 is 0 Å². The van der Waals surface area contributed by atoms with E-state index in [0.717, 1.165) is 34.6 Å². The van der Waals surface area contributed by atoms with E-state index in [2.05, 4.69) is 21.2 Å².